The highest BCUT2D eigenvalue weighted by molar-refractivity contribution is 7.13. The molecule has 22 heteroatoms. The van der Waals surface area contributed by atoms with Crippen LogP contribution in [0.3, 0.4) is 0 Å². The minimum atomic E-state index is -4.94. The lowest BCUT2D eigenvalue weighted by molar-refractivity contribution is -0.275. The van der Waals surface area contributed by atoms with Crippen LogP contribution in [0.15, 0.2) is 44.1 Å². The molecule has 0 saturated carbocycles. The molecule has 14 nitrogen and oxygen atoms in total. The summed E-state index contributed by atoms with van der Waals surface area (Å²) in [5.41, 5.74) is 1.07. The summed E-state index contributed by atoms with van der Waals surface area (Å²) in [6.45, 7) is 5.40. The minimum Gasteiger partial charge on any atom is -0.422 e. The highest BCUT2D eigenvalue weighted by atomic mass is 32.1. The molecule has 0 radical (unpaired) electrons. The summed E-state index contributed by atoms with van der Waals surface area (Å²) in [4.78, 5) is 21.1. The van der Waals surface area contributed by atoms with Crippen LogP contribution in [0.4, 0.5) is 38.4 Å². The Balaban J connectivity index is 0.000000152. The number of nitrogens with one attached hydrogen (secondary N) is 2. The molecule has 4 bridgehead atoms. The zero-order valence-corrected chi connectivity index (χ0v) is 32.8. The third-order valence-electron chi connectivity index (χ3n) is 10.6. The Labute approximate surface area is 338 Å². The molecular weight excluding hydrogens is 831 g/mol. The van der Waals surface area contributed by atoms with E-state index in [0.717, 1.165) is 19.3 Å². The molecule has 4 N–H and O–H groups in total. The Morgan fingerprint density at radius 3 is 1.44 bits per heavy atom. The number of benzene rings is 2. The summed E-state index contributed by atoms with van der Waals surface area (Å²) in [6, 6.07) is 4.59. The Morgan fingerprint density at radius 1 is 0.695 bits per heavy atom. The van der Waals surface area contributed by atoms with E-state index in [1.165, 1.54) is 48.7 Å². The predicted molar refractivity (Wildman–Crippen MR) is 205 cm³/mol. The maximum absolute atomic E-state index is 13.2. The van der Waals surface area contributed by atoms with E-state index in [1.54, 1.807) is 23.2 Å². The van der Waals surface area contributed by atoms with Crippen molar-refractivity contribution in [3.05, 3.63) is 46.4 Å². The Morgan fingerprint density at radius 2 is 1.08 bits per heavy atom. The molecule has 11 rings (SSSR count). The number of hydrogen-bond acceptors (Lipinski definition) is 16. The highest BCUT2D eigenvalue weighted by Gasteiger charge is 2.41. The van der Waals surface area contributed by atoms with Crippen LogP contribution in [-0.4, -0.2) is 93.2 Å². The molecule has 59 heavy (non-hydrogen) atoms. The van der Waals surface area contributed by atoms with Crippen LogP contribution >= 0.6 is 22.7 Å². The van der Waals surface area contributed by atoms with Crippen LogP contribution in [0.2, 0.25) is 0 Å². The van der Waals surface area contributed by atoms with Gasteiger partial charge < -0.3 is 49.0 Å². The van der Waals surface area contributed by atoms with E-state index in [2.05, 4.69) is 40.0 Å². The van der Waals surface area contributed by atoms with Gasteiger partial charge in [-0.2, -0.15) is 9.97 Å². The molecule has 5 aliphatic rings. The first kappa shape index (κ1) is 39.7. The van der Waals surface area contributed by atoms with E-state index in [-0.39, 0.29) is 45.4 Å². The first-order valence-electron chi connectivity index (χ1n) is 18.7. The standard InChI is InChI=1S/C19H19F3N4O3S.C18H17F3N4O3S/c1-9(27)12-6-13(17-23-4-5-30-17)15-14(16(12)29-19(20,21)22)25-18(28-15)26-7-10-2-3-11(8-26)24-10;1-8(26)11-5-12(16-22-2-3-29-16)14-13(15(11)28-18(19,20)21)24-17(27-14)25-6-9-4-10(7-25)23-9/h4-6,9-11,24,27H,2-3,7-8H2,1H3;2-3,5,8-10,23,26H,4,6-7H2,1H3. The van der Waals surface area contributed by atoms with Crippen LogP contribution in [0.25, 0.3) is 43.3 Å². The predicted octanol–water partition coefficient (Wildman–Crippen LogP) is 7.30. The number of piperidine rings is 1. The molecule has 0 spiro atoms. The van der Waals surface area contributed by atoms with Crippen molar-refractivity contribution in [1.82, 2.24) is 30.6 Å². The number of ether oxygens (including phenoxy) is 2. The molecule has 5 aliphatic heterocycles. The summed E-state index contributed by atoms with van der Waals surface area (Å²) in [7, 11) is 0. The van der Waals surface area contributed by atoms with E-state index in [4.69, 9.17) is 8.83 Å². The zero-order chi connectivity index (χ0) is 41.4. The highest BCUT2D eigenvalue weighted by Crippen LogP contribution is 2.46. The molecule has 6 aromatic rings. The largest absolute Gasteiger partial charge is 0.573 e. The fraction of sp³-hybridized carbons (Fsp3) is 0.459. The van der Waals surface area contributed by atoms with Crippen LogP contribution in [0.5, 0.6) is 11.5 Å². The third-order valence-corrected chi connectivity index (χ3v) is 12.2. The number of aromatic nitrogens is 4. The SMILES string of the molecule is CC(O)c1cc(-c2nccs2)c2oc(N3CC4CC(C3)N4)nc2c1OC(F)(F)F.CC(O)c1cc(-c2nccs2)c2oc(N3CC4CCC(C3)N4)nc2c1OC(F)(F)F. The fourth-order valence-corrected chi connectivity index (χ4v) is 9.43. The van der Waals surface area contributed by atoms with Crippen LogP contribution in [0.1, 0.15) is 56.4 Å². The maximum Gasteiger partial charge on any atom is 0.573 e. The van der Waals surface area contributed by atoms with Gasteiger partial charge in [-0.15, -0.1) is 49.0 Å². The van der Waals surface area contributed by atoms with E-state index < -0.39 is 36.4 Å². The lowest BCUT2D eigenvalue weighted by Gasteiger charge is -2.47. The Bertz CT molecular complexity index is 2430. The molecule has 5 saturated heterocycles. The van der Waals surface area contributed by atoms with Crippen LogP contribution in [0, 0.1) is 0 Å². The Hall–Kier alpha value is -4.74. The number of nitrogens with zero attached hydrogens (tertiary/aromatic N) is 6. The third kappa shape index (κ3) is 8.00. The topological polar surface area (TPSA) is 167 Å². The Kier molecular flexibility index (Phi) is 10.1. The number of alkyl halides is 6. The minimum absolute atomic E-state index is 0.0229. The molecule has 314 valence electrons. The van der Waals surface area contributed by atoms with Crippen molar-refractivity contribution in [2.45, 2.75) is 82.2 Å². The van der Waals surface area contributed by atoms with Gasteiger partial charge >= 0.3 is 12.7 Å². The second kappa shape index (κ2) is 15.1. The average Bonchev–Trinajstić information content (AvgIpc) is 4.01. The van der Waals surface area contributed by atoms with E-state index in [1.807, 2.05) is 9.80 Å². The molecule has 4 aromatic heterocycles. The van der Waals surface area contributed by atoms with Crippen molar-refractivity contribution in [1.29, 1.82) is 0 Å². The molecule has 0 amide bonds. The zero-order valence-electron chi connectivity index (χ0n) is 31.2. The molecule has 6 unspecified atom stereocenters. The maximum atomic E-state index is 13.2. The van der Waals surface area contributed by atoms with Gasteiger partial charge in [0.15, 0.2) is 33.7 Å². The van der Waals surface area contributed by atoms with Crippen molar-refractivity contribution in [2.75, 3.05) is 36.0 Å². The molecule has 5 fully saturated rings. The number of halogens is 6. The number of fused-ring (bicyclic) bond motifs is 6. The normalized spacial score (nSPS) is 22.6. The van der Waals surface area contributed by atoms with Crippen LogP contribution < -0.4 is 29.9 Å². The van der Waals surface area contributed by atoms with Gasteiger partial charge in [0.05, 0.1) is 23.3 Å². The van der Waals surface area contributed by atoms with Gasteiger partial charge in [-0.1, -0.05) is 0 Å². The molecule has 0 aliphatic carbocycles. The number of aliphatic hydroxyl groups excluding tert-OH is 2. The number of thiazole rings is 2. The number of rotatable bonds is 8. The fourth-order valence-electron chi connectivity index (χ4n) is 8.13. The smallest absolute Gasteiger partial charge is 0.422 e. The van der Waals surface area contributed by atoms with Crippen molar-refractivity contribution < 1.29 is 54.9 Å². The van der Waals surface area contributed by atoms with Crippen molar-refractivity contribution in [3.8, 4) is 32.6 Å². The monoisotopic (exact) mass is 866 g/mol. The average molecular weight is 867 g/mol. The summed E-state index contributed by atoms with van der Waals surface area (Å²) >= 11 is 2.63. The lowest BCUT2D eigenvalue weighted by atomic mass is 9.92. The van der Waals surface area contributed by atoms with Gasteiger partial charge in [0.1, 0.15) is 10.0 Å². The first-order valence-corrected chi connectivity index (χ1v) is 20.5. The summed E-state index contributed by atoms with van der Waals surface area (Å²) < 4.78 is 99.4. The number of aliphatic hydroxyl groups is 2. The second-order valence-electron chi connectivity index (χ2n) is 14.9. The van der Waals surface area contributed by atoms with E-state index in [0.29, 0.717) is 71.5 Å². The van der Waals surface area contributed by atoms with Crippen molar-refractivity contribution >= 4 is 56.9 Å². The first-order chi connectivity index (χ1) is 28.1. The van der Waals surface area contributed by atoms with E-state index >= 15 is 0 Å². The van der Waals surface area contributed by atoms with Gasteiger partial charge in [-0.3, -0.25) is 0 Å². The number of anilines is 2. The molecule has 2 aromatic carbocycles. The summed E-state index contributed by atoms with van der Waals surface area (Å²) in [5, 5.41) is 31.8. The number of piperazine rings is 2. The van der Waals surface area contributed by atoms with Crippen LogP contribution in [-0.2, 0) is 0 Å². The summed E-state index contributed by atoms with van der Waals surface area (Å²) in [6.07, 6.45) is -5.95. The second-order valence-corrected chi connectivity index (χ2v) is 16.7. The lowest BCUT2D eigenvalue weighted by Crippen LogP contribution is -2.67. The van der Waals surface area contributed by atoms with Crippen molar-refractivity contribution in [3.63, 3.8) is 0 Å². The number of hydrogen-bond donors (Lipinski definition) is 4. The molecule has 6 atom stereocenters. The van der Waals surface area contributed by atoms with Gasteiger partial charge in [0, 0.05) is 84.6 Å². The molecular formula is C37H36F6N8O6S2. The van der Waals surface area contributed by atoms with E-state index in [9.17, 15) is 36.6 Å². The molecule has 9 heterocycles. The van der Waals surface area contributed by atoms with Gasteiger partial charge in [-0.05, 0) is 45.2 Å². The quantitative estimate of drug-likeness (QED) is 0.113. The van der Waals surface area contributed by atoms with Gasteiger partial charge in [0.2, 0.25) is 0 Å². The number of oxazole rings is 2. The van der Waals surface area contributed by atoms with Gasteiger partial charge in [0.25, 0.3) is 12.0 Å². The summed E-state index contributed by atoms with van der Waals surface area (Å²) in [5.74, 6) is -1.08. The van der Waals surface area contributed by atoms with Gasteiger partial charge in [-0.25, -0.2) is 9.97 Å². The van der Waals surface area contributed by atoms with Crippen molar-refractivity contribution in [2.24, 2.45) is 0 Å².